The van der Waals surface area contributed by atoms with Gasteiger partial charge in [0.15, 0.2) is 11.4 Å². The number of fused-ring (bicyclic) bond motifs is 3. The second-order valence-corrected chi connectivity index (χ2v) is 8.53. The van der Waals surface area contributed by atoms with Gasteiger partial charge < -0.3 is 30.6 Å². The number of aliphatic hydroxyl groups is 3. The first-order valence-electron chi connectivity index (χ1n) is 10.2. The molecule has 1 aromatic carbocycles. The van der Waals surface area contributed by atoms with Crippen molar-refractivity contribution in [3.05, 3.63) is 76.6 Å². The number of hydrogen-bond acceptors (Lipinski definition) is 8. The van der Waals surface area contributed by atoms with E-state index in [0.717, 1.165) is 0 Å². The Balaban J connectivity index is 1.70. The second-order valence-electron chi connectivity index (χ2n) is 8.53. The Hall–Kier alpha value is -3.78. The summed E-state index contributed by atoms with van der Waals surface area (Å²) in [6, 6.07) is 6.48. The van der Waals surface area contributed by atoms with Crippen LogP contribution < -0.4 is 5.73 Å². The topological polar surface area (TPSA) is 154 Å². The van der Waals surface area contributed by atoms with Gasteiger partial charge in [-0.1, -0.05) is 6.58 Å². The molecule has 5 rings (SSSR count). The van der Waals surface area contributed by atoms with Gasteiger partial charge in [-0.3, -0.25) is 9.59 Å². The summed E-state index contributed by atoms with van der Waals surface area (Å²) < 4.78 is 5.48. The predicted molar refractivity (Wildman–Crippen MR) is 113 cm³/mol. The summed E-state index contributed by atoms with van der Waals surface area (Å²) in [5, 5.41) is 43.2. The number of benzene rings is 1. The summed E-state index contributed by atoms with van der Waals surface area (Å²) in [5.41, 5.74) is 3.74. The lowest BCUT2D eigenvalue weighted by Crippen LogP contribution is -2.56. The van der Waals surface area contributed by atoms with Crippen LogP contribution in [0.3, 0.4) is 0 Å². The molecule has 32 heavy (non-hydrogen) atoms. The number of phenols is 1. The van der Waals surface area contributed by atoms with Gasteiger partial charge in [-0.15, -0.1) is 0 Å². The minimum Gasteiger partial charge on any atom is -0.511 e. The third-order valence-corrected chi connectivity index (χ3v) is 6.81. The lowest BCUT2D eigenvalue weighted by Gasteiger charge is -2.46. The molecule has 1 unspecified atom stereocenters. The zero-order valence-electron chi connectivity index (χ0n) is 17.0. The standard InChI is InChI=1S/C24H21NO7/c1-10(25)18-16(27)9-12-7-11-8-14-13(17-3-2-6-32-17)4-5-15(26)20(14)21(28)19(11)23(30)24(12,31)22(18)29/h2-6,11-12,26-27,30-31H,1,7-9,25H2/t11?,12-,24+/m0/s1. The molecular formula is C24H21NO7. The maximum Gasteiger partial charge on any atom is 0.207 e. The molecule has 164 valence electrons. The lowest BCUT2D eigenvalue weighted by molar-refractivity contribution is -0.142. The highest BCUT2D eigenvalue weighted by atomic mass is 16.3. The van der Waals surface area contributed by atoms with Gasteiger partial charge in [0.25, 0.3) is 0 Å². The van der Waals surface area contributed by atoms with Crippen molar-refractivity contribution >= 4 is 11.6 Å². The Kier molecular flexibility index (Phi) is 4.16. The van der Waals surface area contributed by atoms with Crippen LogP contribution in [0.4, 0.5) is 0 Å². The molecule has 0 aliphatic heterocycles. The van der Waals surface area contributed by atoms with E-state index in [1.807, 2.05) is 0 Å². The molecule has 0 amide bonds. The van der Waals surface area contributed by atoms with Crippen molar-refractivity contribution in [2.45, 2.75) is 24.9 Å². The van der Waals surface area contributed by atoms with E-state index in [2.05, 4.69) is 6.58 Å². The Morgan fingerprint density at radius 3 is 2.56 bits per heavy atom. The molecule has 3 aliphatic carbocycles. The van der Waals surface area contributed by atoms with Crippen LogP contribution in [-0.2, 0) is 11.2 Å². The Morgan fingerprint density at radius 2 is 1.91 bits per heavy atom. The van der Waals surface area contributed by atoms with E-state index >= 15 is 0 Å². The molecule has 1 heterocycles. The van der Waals surface area contributed by atoms with Crippen LogP contribution >= 0.6 is 0 Å². The van der Waals surface area contributed by atoms with Crippen LogP contribution in [0.1, 0.15) is 28.8 Å². The molecule has 8 nitrogen and oxygen atoms in total. The molecule has 2 aromatic rings. The van der Waals surface area contributed by atoms with Gasteiger partial charge in [-0.25, -0.2) is 0 Å². The average molecular weight is 435 g/mol. The lowest BCUT2D eigenvalue weighted by atomic mass is 9.60. The molecule has 3 aliphatic rings. The zero-order chi connectivity index (χ0) is 22.9. The average Bonchev–Trinajstić information content (AvgIpc) is 3.25. The van der Waals surface area contributed by atoms with Crippen molar-refractivity contribution in [3.8, 4) is 17.1 Å². The Morgan fingerprint density at radius 1 is 1.16 bits per heavy atom. The number of allylic oxidation sites excluding steroid dienone is 3. The molecule has 0 fully saturated rings. The maximum atomic E-state index is 13.5. The highest BCUT2D eigenvalue weighted by molar-refractivity contribution is 6.16. The summed E-state index contributed by atoms with van der Waals surface area (Å²) in [4.78, 5) is 26.5. The quantitative estimate of drug-likeness (QED) is 0.482. The molecule has 0 radical (unpaired) electrons. The third-order valence-electron chi connectivity index (χ3n) is 6.81. The first kappa shape index (κ1) is 20.1. The molecule has 6 N–H and O–H groups in total. The number of phenolic OH excluding ortho intramolecular Hbond substituents is 1. The van der Waals surface area contributed by atoms with Crippen molar-refractivity contribution in [3.63, 3.8) is 0 Å². The van der Waals surface area contributed by atoms with Crippen LogP contribution in [-0.4, -0.2) is 37.6 Å². The van der Waals surface area contributed by atoms with Gasteiger partial charge in [0.05, 0.1) is 17.4 Å². The number of Topliss-reactive ketones (excluding diaryl/α,β-unsaturated/α-hetero) is 2. The van der Waals surface area contributed by atoms with Crippen molar-refractivity contribution in [1.82, 2.24) is 0 Å². The summed E-state index contributed by atoms with van der Waals surface area (Å²) in [5.74, 6) is -3.84. The van der Waals surface area contributed by atoms with Gasteiger partial charge in [-0.2, -0.15) is 0 Å². The van der Waals surface area contributed by atoms with E-state index in [4.69, 9.17) is 10.2 Å². The van der Waals surface area contributed by atoms with E-state index in [0.29, 0.717) is 16.9 Å². The van der Waals surface area contributed by atoms with E-state index < -0.39 is 34.8 Å². The van der Waals surface area contributed by atoms with Crippen LogP contribution in [0.15, 0.2) is 69.9 Å². The number of nitrogens with two attached hydrogens (primary N) is 1. The number of ketones is 2. The minimum absolute atomic E-state index is 0.00357. The van der Waals surface area contributed by atoms with Crippen LogP contribution in [0.2, 0.25) is 0 Å². The molecule has 8 heteroatoms. The minimum atomic E-state index is -2.41. The second kappa shape index (κ2) is 6.61. The maximum absolute atomic E-state index is 13.5. The van der Waals surface area contributed by atoms with E-state index in [1.54, 1.807) is 18.2 Å². The third kappa shape index (κ3) is 2.47. The summed E-state index contributed by atoms with van der Waals surface area (Å²) >= 11 is 0. The van der Waals surface area contributed by atoms with Crippen molar-refractivity contribution in [1.29, 1.82) is 0 Å². The van der Waals surface area contributed by atoms with E-state index in [1.165, 1.54) is 12.3 Å². The fraction of sp³-hybridized carbons (Fsp3) is 0.250. The van der Waals surface area contributed by atoms with E-state index in [-0.39, 0.29) is 53.2 Å². The zero-order valence-corrected chi connectivity index (χ0v) is 17.0. The van der Waals surface area contributed by atoms with Crippen LogP contribution in [0.25, 0.3) is 11.3 Å². The first-order chi connectivity index (χ1) is 15.2. The van der Waals surface area contributed by atoms with Crippen molar-refractivity contribution in [2.24, 2.45) is 17.6 Å². The number of rotatable bonds is 2. The number of aromatic hydroxyl groups is 1. The normalized spacial score (nSPS) is 27.2. The fourth-order valence-corrected chi connectivity index (χ4v) is 5.36. The highest BCUT2D eigenvalue weighted by Crippen LogP contribution is 2.52. The molecular weight excluding hydrogens is 414 g/mol. The fourth-order valence-electron chi connectivity index (χ4n) is 5.36. The molecule has 0 saturated heterocycles. The van der Waals surface area contributed by atoms with Gasteiger partial charge in [0.2, 0.25) is 5.78 Å². The smallest absolute Gasteiger partial charge is 0.207 e. The summed E-state index contributed by atoms with van der Waals surface area (Å²) in [6.45, 7) is 3.47. The number of aliphatic hydroxyl groups excluding tert-OH is 2. The Bertz CT molecular complexity index is 1270. The van der Waals surface area contributed by atoms with E-state index in [9.17, 15) is 30.0 Å². The molecule has 3 atom stereocenters. The molecule has 0 saturated carbocycles. The largest absolute Gasteiger partial charge is 0.511 e. The van der Waals surface area contributed by atoms with Crippen molar-refractivity contribution in [2.75, 3.05) is 0 Å². The summed E-state index contributed by atoms with van der Waals surface area (Å²) in [6.07, 6.45) is 1.83. The van der Waals surface area contributed by atoms with Crippen LogP contribution in [0, 0.1) is 11.8 Å². The number of hydrogen-bond donors (Lipinski definition) is 5. The predicted octanol–water partition coefficient (Wildman–Crippen LogP) is 2.83. The number of furan rings is 1. The monoisotopic (exact) mass is 435 g/mol. The molecule has 0 bridgehead atoms. The van der Waals surface area contributed by atoms with Gasteiger partial charge >= 0.3 is 0 Å². The number of carbonyl (C=O) groups excluding carboxylic acids is 2. The highest BCUT2D eigenvalue weighted by Gasteiger charge is 2.59. The van der Waals surface area contributed by atoms with Gasteiger partial charge in [0.1, 0.15) is 23.0 Å². The van der Waals surface area contributed by atoms with Crippen molar-refractivity contribution < 1.29 is 34.4 Å². The first-order valence-corrected chi connectivity index (χ1v) is 10.2. The Labute approximate surface area is 182 Å². The summed E-state index contributed by atoms with van der Waals surface area (Å²) in [7, 11) is 0. The number of carbonyl (C=O) groups is 2. The molecule has 0 spiro atoms. The SMILES string of the molecule is C=C(N)C1=C(O)C[C@@H]2CC3Cc4c(-c5ccco5)ccc(O)c4C(=O)C3=C(O)[C@]2(O)C1=O. The van der Waals surface area contributed by atoms with Gasteiger partial charge in [-0.05, 0) is 48.6 Å². The van der Waals surface area contributed by atoms with Crippen LogP contribution in [0.5, 0.6) is 5.75 Å². The van der Waals surface area contributed by atoms with Gasteiger partial charge in [0, 0.05) is 29.2 Å². The molecule has 1 aromatic heterocycles.